The number of aromatic nitrogens is 1. The second-order valence-electron chi connectivity index (χ2n) is 7.00. The van der Waals surface area contributed by atoms with Gasteiger partial charge in [-0.3, -0.25) is 4.79 Å². The third-order valence-corrected chi connectivity index (χ3v) is 6.14. The number of carboxylic acids is 1. The van der Waals surface area contributed by atoms with E-state index in [0.717, 1.165) is 22.8 Å². The van der Waals surface area contributed by atoms with Gasteiger partial charge < -0.3 is 14.9 Å². The highest BCUT2D eigenvalue weighted by Gasteiger charge is 2.34. The monoisotopic (exact) mass is 399 g/mol. The predicted octanol–water partition coefficient (Wildman–Crippen LogP) is 3.64. The van der Waals surface area contributed by atoms with Crippen molar-refractivity contribution in [2.45, 2.75) is 39.3 Å². The van der Waals surface area contributed by atoms with Gasteiger partial charge in [-0.2, -0.15) is 0 Å². The number of likely N-dealkylation sites (tertiary alicyclic amines) is 1. The topological polar surface area (TPSA) is 73.7 Å². The van der Waals surface area contributed by atoms with Crippen molar-refractivity contribution in [3.05, 3.63) is 58.6 Å². The number of anilines is 1. The van der Waals surface area contributed by atoms with Crippen molar-refractivity contribution in [3.8, 4) is 0 Å². The van der Waals surface area contributed by atoms with Crippen LogP contribution in [0.25, 0.3) is 0 Å². The van der Waals surface area contributed by atoms with E-state index in [-0.39, 0.29) is 5.91 Å². The number of aryl methyl sites for hydroxylation is 2. The Kier molecular flexibility index (Phi) is 6.14. The van der Waals surface area contributed by atoms with Gasteiger partial charge in [-0.05, 0) is 44.4 Å². The number of hydrogen-bond donors (Lipinski definition) is 1. The highest BCUT2D eigenvalue weighted by atomic mass is 32.1. The third kappa shape index (κ3) is 4.25. The van der Waals surface area contributed by atoms with Crippen LogP contribution < -0.4 is 4.90 Å². The van der Waals surface area contributed by atoms with Crippen LogP contribution in [0.15, 0.2) is 36.9 Å². The molecule has 0 bridgehead atoms. The zero-order chi connectivity index (χ0) is 20.3. The number of nitrogens with zero attached hydrogens (tertiary/aromatic N) is 3. The molecule has 0 radical (unpaired) electrons. The summed E-state index contributed by atoms with van der Waals surface area (Å²) in [5, 5.41) is 10.2. The van der Waals surface area contributed by atoms with E-state index in [0.29, 0.717) is 31.6 Å². The van der Waals surface area contributed by atoms with Gasteiger partial charge >= 0.3 is 5.97 Å². The predicted molar refractivity (Wildman–Crippen MR) is 111 cm³/mol. The van der Waals surface area contributed by atoms with Gasteiger partial charge in [0, 0.05) is 30.1 Å². The number of aliphatic carboxylic acids is 1. The average molecular weight is 400 g/mol. The average Bonchev–Trinajstić information content (AvgIpc) is 3.29. The van der Waals surface area contributed by atoms with E-state index in [2.05, 4.69) is 23.4 Å². The number of carbonyl (C=O) groups excluding carboxylic acids is 1. The van der Waals surface area contributed by atoms with Gasteiger partial charge in [0.25, 0.3) is 5.91 Å². The van der Waals surface area contributed by atoms with Crippen molar-refractivity contribution in [3.63, 3.8) is 0 Å². The van der Waals surface area contributed by atoms with E-state index in [4.69, 9.17) is 0 Å². The van der Waals surface area contributed by atoms with E-state index in [1.54, 1.807) is 23.5 Å². The van der Waals surface area contributed by atoms with Crippen LogP contribution in [-0.2, 0) is 11.3 Å². The molecule has 1 aliphatic heterocycles. The highest BCUT2D eigenvalue weighted by molar-refractivity contribution is 7.15. The molecule has 1 aromatic carbocycles. The lowest BCUT2D eigenvalue weighted by molar-refractivity contribution is -0.141. The fraction of sp³-hybridized carbons (Fsp3) is 0.381. The van der Waals surface area contributed by atoms with Crippen LogP contribution in [0.5, 0.6) is 0 Å². The second kappa shape index (κ2) is 8.56. The molecule has 1 aliphatic rings. The van der Waals surface area contributed by atoms with Crippen molar-refractivity contribution in [1.29, 1.82) is 0 Å². The van der Waals surface area contributed by atoms with Gasteiger partial charge in [0.05, 0.1) is 5.69 Å². The zero-order valence-electron chi connectivity index (χ0n) is 16.2. The summed E-state index contributed by atoms with van der Waals surface area (Å²) >= 11 is 1.66. The summed E-state index contributed by atoms with van der Waals surface area (Å²) in [6, 6.07) is 6.68. The minimum Gasteiger partial charge on any atom is -0.480 e. The van der Waals surface area contributed by atoms with Crippen LogP contribution in [0.4, 0.5) is 5.13 Å². The van der Waals surface area contributed by atoms with Crippen molar-refractivity contribution in [2.75, 3.05) is 18.0 Å². The number of rotatable bonds is 7. The summed E-state index contributed by atoms with van der Waals surface area (Å²) < 4.78 is 0. The summed E-state index contributed by atoms with van der Waals surface area (Å²) in [5.74, 6) is -1.15. The van der Waals surface area contributed by atoms with Crippen LogP contribution in [-0.4, -0.2) is 46.0 Å². The molecular weight excluding hydrogens is 374 g/mol. The summed E-state index contributed by atoms with van der Waals surface area (Å²) in [5.41, 5.74) is 2.61. The van der Waals surface area contributed by atoms with Crippen molar-refractivity contribution in [1.82, 2.24) is 9.88 Å². The Bertz CT molecular complexity index is 856. The van der Waals surface area contributed by atoms with Crippen molar-refractivity contribution >= 4 is 28.3 Å². The maximum atomic E-state index is 12.7. The van der Waals surface area contributed by atoms with Crippen molar-refractivity contribution in [2.24, 2.45) is 0 Å². The molecule has 28 heavy (non-hydrogen) atoms. The normalized spacial score (nSPS) is 16.2. The highest BCUT2D eigenvalue weighted by Crippen LogP contribution is 2.27. The van der Waals surface area contributed by atoms with Crippen LogP contribution in [0.2, 0.25) is 0 Å². The van der Waals surface area contributed by atoms with Crippen molar-refractivity contribution < 1.29 is 14.7 Å². The molecule has 148 valence electrons. The summed E-state index contributed by atoms with van der Waals surface area (Å²) in [7, 11) is 0. The van der Waals surface area contributed by atoms with E-state index in [1.807, 2.05) is 25.1 Å². The molecule has 7 heteroatoms. The van der Waals surface area contributed by atoms with Gasteiger partial charge in [-0.15, -0.1) is 17.9 Å². The number of benzene rings is 1. The lowest BCUT2D eigenvalue weighted by Crippen LogP contribution is -2.40. The molecule has 1 N–H and O–H groups in total. The summed E-state index contributed by atoms with van der Waals surface area (Å²) in [6.45, 7) is 9.74. The van der Waals surface area contributed by atoms with Crippen LogP contribution >= 0.6 is 11.3 Å². The Morgan fingerprint density at radius 1 is 1.36 bits per heavy atom. The quantitative estimate of drug-likeness (QED) is 0.720. The number of amides is 1. The SMILES string of the molecule is C=CCN(Cc1ccc(C(=O)N2CCCC2C(=O)O)cc1)c1nc(C)c(C)s1. The van der Waals surface area contributed by atoms with Gasteiger partial charge in [-0.1, -0.05) is 18.2 Å². The molecule has 1 saturated heterocycles. The van der Waals surface area contributed by atoms with E-state index >= 15 is 0 Å². The Labute approximate surface area is 169 Å². The molecule has 3 rings (SSSR count). The van der Waals surface area contributed by atoms with Crippen LogP contribution in [0.1, 0.15) is 39.3 Å². The standard InChI is InChI=1S/C21H25N3O3S/c1-4-11-23(21-22-14(2)15(3)28-21)13-16-7-9-17(10-8-16)19(25)24-12-5-6-18(24)20(26)27/h4,7-10,18H,1,5-6,11-13H2,2-3H3,(H,26,27). The fourth-order valence-electron chi connectivity index (χ4n) is 3.36. The molecule has 6 nitrogen and oxygen atoms in total. The van der Waals surface area contributed by atoms with Crippen LogP contribution in [0, 0.1) is 13.8 Å². The van der Waals surface area contributed by atoms with E-state index < -0.39 is 12.0 Å². The maximum absolute atomic E-state index is 12.7. The van der Waals surface area contributed by atoms with Gasteiger partial charge in [0.1, 0.15) is 6.04 Å². The smallest absolute Gasteiger partial charge is 0.326 e. The minimum absolute atomic E-state index is 0.217. The number of carbonyl (C=O) groups is 2. The molecule has 1 atom stereocenters. The number of thiazole rings is 1. The number of hydrogen-bond acceptors (Lipinski definition) is 5. The molecule has 2 heterocycles. The molecule has 1 fully saturated rings. The molecule has 0 saturated carbocycles. The molecule has 0 spiro atoms. The Balaban J connectivity index is 1.73. The molecule has 1 unspecified atom stereocenters. The molecule has 1 aromatic heterocycles. The van der Waals surface area contributed by atoms with E-state index in [1.165, 1.54) is 9.78 Å². The largest absolute Gasteiger partial charge is 0.480 e. The maximum Gasteiger partial charge on any atom is 0.326 e. The first-order valence-corrected chi connectivity index (χ1v) is 10.1. The zero-order valence-corrected chi connectivity index (χ0v) is 17.0. The summed E-state index contributed by atoms with van der Waals surface area (Å²) in [6.07, 6.45) is 3.09. The Morgan fingerprint density at radius 2 is 2.07 bits per heavy atom. The Morgan fingerprint density at radius 3 is 2.64 bits per heavy atom. The minimum atomic E-state index is -0.934. The first-order valence-electron chi connectivity index (χ1n) is 9.33. The lowest BCUT2D eigenvalue weighted by atomic mass is 10.1. The third-order valence-electron chi connectivity index (χ3n) is 5.01. The van der Waals surface area contributed by atoms with Gasteiger partial charge in [0.2, 0.25) is 0 Å². The lowest BCUT2D eigenvalue weighted by Gasteiger charge is -2.22. The fourth-order valence-corrected chi connectivity index (χ4v) is 4.28. The molecule has 0 aliphatic carbocycles. The van der Waals surface area contributed by atoms with Gasteiger partial charge in [0.15, 0.2) is 5.13 Å². The number of carboxylic acid groups (broad SMARTS) is 1. The van der Waals surface area contributed by atoms with E-state index in [9.17, 15) is 14.7 Å². The second-order valence-corrected chi connectivity index (χ2v) is 8.18. The van der Waals surface area contributed by atoms with Crippen LogP contribution in [0.3, 0.4) is 0 Å². The van der Waals surface area contributed by atoms with Gasteiger partial charge in [-0.25, -0.2) is 9.78 Å². The summed E-state index contributed by atoms with van der Waals surface area (Å²) in [4.78, 5) is 33.5. The first-order chi connectivity index (χ1) is 13.4. The Hall–Kier alpha value is -2.67. The molecule has 1 amide bonds. The molecule has 2 aromatic rings. The molecular formula is C21H25N3O3S. The first kappa shape index (κ1) is 20.1.